The number of thioether (sulfide) groups is 1. The van der Waals surface area contributed by atoms with E-state index in [2.05, 4.69) is 0 Å². The van der Waals surface area contributed by atoms with Crippen molar-refractivity contribution < 1.29 is 14.7 Å². The summed E-state index contributed by atoms with van der Waals surface area (Å²) in [5.41, 5.74) is 3.12. The van der Waals surface area contributed by atoms with Crippen molar-refractivity contribution in [3.8, 4) is 11.1 Å². The summed E-state index contributed by atoms with van der Waals surface area (Å²) in [6.07, 6.45) is 0.342. The number of rotatable bonds is 5. The van der Waals surface area contributed by atoms with Crippen LogP contribution in [0.15, 0.2) is 54.6 Å². The van der Waals surface area contributed by atoms with Crippen molar-refractivity contribution in [1.29, 1.82) is 0 Å². The fourth-order valence-corrected chi connectivity index (χ4v) is 2.83. The smallest absolute Gasteiger partial charge is 0.317 e. The van der Waals surface area contributed by atoms with Crippen LogP contribution in [-0.4, -0.2) is 21.4 Å². The molecule has 0 spiro atoms. The fourth-order valence-electron chi connectivity index (χ4n) is 2.06. The van der Waals surface area contributed by atoms with Crippen molar-refractivity contribution in [2.24, 2.45) is 0 Å². The molecule has 0 bridgehead atoms. The number of hydrogen-bond donors (Lipinski definition) is 1. The molecule has 2 aromatic rings. The van der Waals surface area contributed by atoms with Crippen molar-refractivity contribution in [3.63, 3.8) is 0 Å². The third kappa shape index (κ3) is 4.46. The van der Waals surface area contributed by atoms with Gasteiger partial charge in [-0.25, -0.2) is 0 Å². The van der Waals surface area contributed by atoms with Gasteiger partial charge in [0.05, 0.1) is 0 Å². The molecular weight excluding hydrogens is 284 g/mol. The lowest BCUT2D eigenvalue weighted by molar-refractivity contribution is -0.136. The van der Waals surface area contributed by atoms with E-state index < -0.39 is 11.2 Å². The van der Waals surface area contributed by atoms with E-state index in [1.807, 2.05) is 54.6 Å². The highest BCUT2D eigenvalue weighted by Crippen LogP contribution is 2.22. The summed E-state index contributed by atoms with van der Waals surface area (Å²) in [4.78, 5) is 22.2. The molecule has 0 aliphatic heterocycles. The first-order valence-electron chi connectivity index (χ1n) is 6.60. The van der Waals surface area contributed by atoms with Crippen LogP contribution in [0.1, 0.15) is 12.5 Å². The van der Waals surface area contributed by atoms with E-state index >= 15 is 0 Å². The van der Waals surface area contributed by atoms with Crippen LogP contribution in [0.25, 0.3) is 11.1 Å². The fraction of sp³-hybridized carbons (Fsp3) is 0.176. The maximum atomic E-state index is 11.2. The van der Waals surface area contributed by atoms with Gasteiger partial charge in [0.1, 0.15) is 5.25 Å². The molecule has 0 aliphatic rings. The van der Waals surface area contributed by atoms with Crippen LogP contribution in [0.4, 0.5) is 0 Å². The Hall–Kier alpha value is -2.07. The predicted molar refractivity (Wildman–Crippen MR) is 85.3 cm³/mol. The third-order valence-electron chi connectivity index (χ3n) is 3.07. The minimum absolute atomic E-state index is 0.177. The Bertz CT molecular complexity index is 620. The van der Waals surface area contributed by atoms with Gasteiger partial charge in [-0.3, -0.25) is 9.59 Å². The summed E-state index contributed by atoms with van der Waals surface area (Å²) in [7, 11) is 0. The van der Waals surface area contributed by atoms with Crippen LogP contribution < -0.4 is 0 Å². The molecule has 4 heteroatoms. The zero-order valence-corrected chi connectivity index (χ0v) is 12.5. The van der Waals surface area contributed by atoms with E-state index in [9.17, 15) is 9.59 Å². The Morgan fingerprint density at radius 1 is 1.00 bits per heavy atom. The maximum Gasteiger partial charge on any atom is 0.317 e. The first-order valence-corrected chi connectivity index (χ1v) is 7.48. The van der Waals surface area contributed by atoms with Gasteiger partial charge in [0.2, 0.25) is 0 Å². The van der Waals surface area contributed by atoms with Gasteiger partial charge in [-0.1, -0.05) is 66.4 Å². The minimum atomic E-state index is -0.956. The number of aliphatic carboxylic acids is 1. The standard InChI is InChI=1S/C17H16O3S/c1-12(18)21-16(17(19)20)11-13-7-9-15(10-8-13)14-5-3-2-4-6-14/h2-10,16H,11H2,1H3,(H,19,20)/t16-/m0/s1. The van der Waals surface area contributed by atoms with E-state index in [0.717, 1.165) is 28.5 Å². The van der Waals surface area contributed by atoms with Gasteiger partial charge in [-0.15, -0.1) is 0 Å². The normalized spacial score (nSPS) is 11.9. The van der Waals surface area contributed by atoms with E-state index in [0.29, 0.717) is 6.42 Å². The molecule has 0 amide bonds. The van der Waals surface area contributed by atoms with Gasteiger partial charge in [-0.05, 0) is 23.1 Å². The molecule has 0 radical (unpaired) electrons. The first-order chi connectivity index (χ1) is 10.1. The van der Waals surface area contributed by atoms with Crippen molar-refractivity contribution >= 4 is 22.8 Å². The number of hydrogen-bond acceptors (Lipinski definition) is 3. The lowest BCUT2D eigenvalue weighted by atomic mass is 10.0. The molecule has 0 heterocycles. The number of benzene rings is 2. The first kappa shape index (κ1) is 15.3. The topological polar surface area (TPSA) is 54.4 Å². The summed E-state index contributed by atoms with van der Waals surface area (Å²) >= 11 is 0.865. The second-order valence-corrected chi connectivity index (χ2v) is 6.08. The second kappa shape index (κ2) is 7.09. The highest BCUT2D eigenvalue weighted by atomic mass is 32.2. The number of carbonyl (C=O) groups excluding carboxylic acids is 1. The van der Waals surface area contributed by atoms with Crippen molar-refractivity contribution in [1.82, 2.24) is 0 Å². The molecule has 21 heavy (non-hydrogen) atoms. The maximum absolute atomic E-state index is 11.2. The largest absolute Gasteiger partial charge is 0.480 e. The Morgan fingerprint density at radius 2 is 1.57 bits per heavy atom. The van der Waals surface area contributed by atoms with Crippen molar-refractivity contribution in [2.75, 3.05) is 0 Å². The van der Waals surface area contributed by atoms with E-state index in [-0.39, 0.29) is 5.12 Å². The number of carbonyl (C=O) groups is 2. The average Bonchev–Trinajstić information content (AvgIpc) is 2.48. The highest BCUT2D eigenvalue weighted by molar-refractivity contribution is 8.14. The molecule has 0 aromatic heterocycles. The molecule has 0 saturated heterocycles. The molecule has 0 fully saturated rings. The minimum Gasteiger partial charge on any atom is -0.480 e. The Balaban J connectivity index is 2.11. The van der Waals surface area contributed by atoms with E-state index in [1.165, 1.54) is 6.92 Å². The predicted octanol–water partition coefficient (Wildman–Crippen LogP) is 3.63. The van der Waals surface area contributed by atoms with Gasteiger partial charge < -0.3 is 5.11 Å². The average molecular weight is 300 g/mol. The SMILES string of the molecule is CC(=O)S[C@@H](Cc1ccc(-c2ccccc2)cc1)C(=O)O. The molecular formula is C17H16O3S. The van der Waals surface area contributed by atoms with E-state index in [1.54, 1.807) is 0 Å². The van der Waals surface area contributed by atoms with Gasteiger partial charge in [0.25, 0.3) is 0 Å². The van der Waals surface area contributed by atoms with Gasteiger partial charge >= 0.3 is 5.97 Å². The molecule has 0 aliphatic carbocycles. The Kier molecular flexibility index (Phi) is 5.17. The summed E-state index contributed by atoms with van der Waals surface area (Å²) in [5, 5.41) is 8.23. The zero-order chi connectivity index (χ0) is 15.2. The molecule has 108 valence electrons. The lowest BCUT2D eigenvalue weighted by Gasteiger charge is -2.10. The van der Waals surface area contributed by atoms with Crippen LogP contribution in [0.3, 0.4) is 0 Å². The monoisotopic (exact) mass is 300 g/mol. The van der Waals surface area contributed by atoms with Gasteiger partial charge in [-0.2, -0.15) is 0 Å². The molecule has 1 N–H and O–H groups in total. The van der Waals surface area contributed by atoms with Gasteiger partial charge in [0, 0.05) is 6.92 Å². The van der Waals surface area contributed by atoms with Gasteiger partial charge in [0.15, 0.2) is 5.12 Å². The summed E-state index contributed by atoms with van der Waals surface area (Å²) < 4.78 is 0. The molecule has 0 unspecified atom stereocenters. The van der Waals surface area contributed by atoms with E-state index in [4.69, 9.17) is 5.11 Å². The molecule has 2 rings (SSSR count). The molecule has 0 saturated carbocycles. The summed E-state index contributed by atoms with van der Waals surface area (Å²) in [5.74, 6) is -0.956. The highest BCUT2D eigenvalue weighted by Gasteiger charge is 2.20. The molecule has 2 aromatic carbocycles. The third-order valence-corrected chi connectivity index (χ3v) is 4.05. The van der Waals surface area contributed by atoms with Crippen LogP contribution in [0.5, 0.6) is 0 Å². The number of carboxylic acids is 1. The van der Waals surface area contributed by atoms with Crippen LogP contribution in [0, 0.1) is 0 Å². The quantitative estimate of drug-likeness (QED) is 0.916. The second-order valence-electron chi connectivity index (χ2n) is 4.70. The van der Waals surface area contributed by atoms with Crippen LogP contribution >= 0.6 is 11.8 Å². The van der Waals surface area contributed by atoms with Crippen molar-refractivity contribution in [2.45, 2.75) is 18.6 Å². The lowest BCUT2D eigenvalue weighted by Crippen LogP contribution is -2.20. The molecule has 3 nitrogen and oxygen atoms in total. The van der Waals surface area contributed by atoms with Crippen molar-refractivity contribution in [3.05, 3.63) is 60.2 Å². The zero-order valence-electron chi connectivity index (χ0n) is 11.7. The molecule has 1 atom stereocenters. The summed E-state index contributed by atoms with van der Waals surface area (Å²) in [6, 6.07) is 17.8. The summed E-state index contributed by atoms with van der Waals surface area (Å²) in [6.45, 7) is 1.39. The van der Waals surface area contributed by atoms with Crippen LogP contribution in [0.2, 0.25) is 0 Å². The van der Waals surface area contributed by atoms with Crippen LogP contribution in [-0.2, 0) is 16.0 Å². The Morgan fingerprint density at radius 3 is 2.10 bits per heavy atom. The number of carboxylic acid groups (broad SMARTS) is 1. The Labute approximate surface area is 128 Å².